The van der Waals surface area contributed by atoms with Gasteiger partial charge < -0.3 is 10.1 Å². The van der Waals surface area contributed by atoms with Gasteiger partial charge in [-0.1, -0.05) is 13.8 Å². The van der Waals surface area contributed by atoms with Crippen molar-refractivity contribution in [1.29, 1.82) is 0 Å². The molecule has 1 amide bonds. The van der Waals surface area contributed by atoms with Crippen molar-refractivity contribution in [3.05, 3.63) is 58.7 Å². The molecule has 0 fully saturated rings. The Kier molecular flexibility index (Phi) is 8.05. The number of nitrogens with zero attached hydrogens (tertiary/aromatic N) is 1. The second-order valence-electron chi connectivity index (χ2n) is 8.21. The number of ether oxygens (including phenoxy) is 1. The number of carbonyl (C=O) groups is 1. The van der Waals surface area contributed by atoms with Crippen molar-refractivity contribution in [3.8, 4) is 5.75 Å². The number of rotatable bonds is 8. The Bertz CT molecular complexity index is 1100. The van der Waals surface area contributed by atoms with Gasteiger partial charge in [0.15, 0.2) is 0 Å². The summed E-state index contributed by atoms with van der Waals surface area (Å²) < 4.78 is 69.2. The van der Waals surface area contributed by atoms with E-state index >= 15 is 0 Å². The maximum Gasteiger partial charge on any atom is 0.416 e. The van der Waals surface area contributed by atoms with Crippen LogP contribution in [0.4, 0.5) is 18.9 Å². The summed E-state index contributed by atoms with van der Waals surface area (Å²) in [6, 6.07) is 7.03. The van der Waals surface area contributed by atoms with Gasteiger partial charge in [0.25, 0.3) is 0 Å². The minimum Gasteiger partial charge on any atom is -0.496 e. The number of halogens is 3. The van der Waals surface area contributed by atoms with Crippen molar-refractivity contribution in [3.63, 3.8) is 0 Å². The van der Waals surface area contributed by atoms with Gasteiger partial charge in [-0.05, 0) is 72.9 Å². The topological polar surface area (TPSA) is 75.7 Å². The first-order valence-corrected chi connectivity index (χ1v) is 12.1. The summed E-state index contributed by atoms with van der Waals surface area (Å²) in [6.07, 6.45) is -3.66. The number of hydrogen-bond donors (Lipinski definition) is 1. The standard InChI is InChI=1S/C23H29F3N2O4S/c1-14(2)19-12-20(15(3)11-21(19)32-5)16(4)27-22(29)13-28(33(6,30)31)18-9-7-17(8-10-18)23(24,25)26/h7-12,14,16H,13H2,1-6H3,(H,27,29)/t16-/m1/s1. The smallest absolute Gasteiger partial charge is 0.416 e. The molecular weight excluding hydrogens is 457 g/mol. The summed E-state index contributed by atoms with van der Waals surface area (Å²) in [5.74, 6) is 0.340. The lowest BCUT2D eigenvalue weighted by atomic mass is 9.93. The van der Waals surface area contributed by atoms with E-state index in [1.165, 1.54) is 0 Å². The predicted molar refractivity (Wildman–Crippen MR) is 122 cm³/mol. The quantitative estimate of drug-likeness (QED) is 0.582. The second-order valence-corrected chi connectivity index (χ2v) is 10.1. The molecule has 0 bridgehead atoms. The Balaban J connectivity index is 2.25. The van der Waals surface area contributed by atoms with Gasteiger partial charge >= 0.3 is 6.18 Å². The molecule has 10 heteroatoms. The zero-order chi connectivity index (χ0) is 25.1. The maximum absolute atomic E-state index is 12.8. The van der Waals surface area contributed by atoms with Gasteiger partial charge in [-0.2, -0.15) is 13.2 Å². The highest BCUT2D eigenvalue weighted by atomic mass is 32.2. The van der Waals surface area contributed by atoms with Crippen LogP contribution >= 0.6 is 0 Å². The van der Waals surface area contributed by atoms with Crippen LogP contribution in [0, 0.1) is 6.92 Å². The zero-order valence-corrected chi connectivity index (χ0v) is 20.3. The molecule has 0 aliphatic heterocycles. The largest absolute Gasteiger partial charge is 0.496 e. The summed E-state index contributed by atoms with van der Waals surface area (Å²) in [5, 5.41) is 2.78. The van der Waals surface area contributed by atoms with Crippen molar-refractivity contribution in [2.45, 2.75) is 45.8 Å². The van der Waals surface area contributed by atoms with Crippen molar-refractivity contribution in [1.82, 2.24) is 5.32 Å². The van der Waals surface area contributed by atoms with Gasteiger partial charge in [-0.25, -0.2) is 8.42 Å². The number of sulfonamides is 1. The summed E-state index contributed by atoms with van der Waals surface area (Å²) in [4.78, 5) is 12.7. The lowest BCUT2D eigenvalue weighted by molar-refractivity contribution is -0.137. The van der Waals surface area contributed by atoms with Crippen molar-refractivity contribution in [2.24, 2.45) is 0 Å². The number of carbonyl (C=O) groups excluding carboxylic acids is 1. The SMILES string of the molecule is COc1cc(C)c([C@@H](C)NC(=O)CN(c2ccc(C(F)(F)F)cc2)S(C)(=O)=O)cc1C(C)C. The minimum absolute atomic E-state index is 0.0315. The fraction of sp³-hybridized carbons (Fsp3) is 0.435. The van der Waals surface area contributed by atoms with Crippen LogP contribution in [-0.4, -0.2) is 34.2 Å². The van der Waals surface area contributed by atoms with Gasteiger partial charge in [-0.15, -0.1) is 0 Å². The van der Waals surface area contributed by atoms with Gasteiger partial charge in [0.1, 0.15) is 12.3 Å². The zero-order valence-electron chi connectivity index (χ0n) is 19.4. The summed E-state index contributed by atoms with van der Waals surface area (Å²) >= 11 is 0. The van der Waals surface area contributed by atoms with Crippen LogP contribution in [0.15, 0.2) is 36.4 Å². The van der Waals surface area contributed by atoms with Gasteiger partial charge in [-0.3, -0.25) is 9.10 Å². The Morgan fingerprint density at radius 2 is 1.67 bits per heavy atom. The third-order valence-electron chi connectivity index (χ3n) is 5.25. The molecule has 182 valence electrons. The lowest BCUT2D eigenvalue weighted by Gasteiger charge is -2.25. The van der Waals surface area contributed by atoms with E-state index in [9.17, 15) is 26.4 Å². The van der Waals surface area contributed by atoms with Crippen LogP contribution in [0.1, 0.15) is 55.0 Å². The van der Waals surface area contributed by atoms with Crippen LogP contribution in [0.25, 0.3) is 0 Å². The van der Waals surface area contributed by atoms with Crippen LogP contribution in [-0.2, 0) is 21.0 Å². The molecule has 0 saturated heterocycles. The highest BCUT2D eigenvalue weighted by Crippen LogP contribution is 2.33. The molecule has 1 N–H and O–H groups in total. The molecule has 2 rings (SSSR count). The molecule has 0 radical (unpaired) electrons. The number of amides is 1. The van der Waals surface area contributed by atoms with Crippen molar-refractivity contribution >= 4 is 21.6 Å². The fourth-order valence-electron chi connectivity index (χ4n) is 3.52. The van der Waals surface area contributed by atoms with E-state index < -0.39 is 40.3 Å². The second kappa shape index (κ2) is 10.0. The first kappa shape index (κ1) is 26.5. The van der Waals surface area contributed by atoms with E-state index in [0.29, 0.717) is 0 Å². The number of anilines is 1. The summed E-state index contributed by atoms with van der Waals surface area (Å²) in [5.41, 5.74) is 1.78. The molecule has 2 aromatic carbocycles. The number of benzene rings is 2. The molecule has 0 saturated carbocycles. The molecule has 0 heterocycles. The van der Waals surface area contributed by atoms with E-state index in [-0.39, 0.29) is 11.6 Å². The van der Waals surface area contributed by atoms with E-state index in [0.717, 1.165) is 57.3 Å². The van der Waals surface area contributed by atoms with Crippen molar-refractivity contribution in [2.75, 3.05) is 24.2 Å². The van der Waals surface area contributed by atoms with E-state index in [2.05, 4.69) is 5.32 Å². The van der Waals surface area contributed by atoms with E-state index in [1.54, 1.807) is 14.0 Å². The van der Waals surface area contributed by atoms with Crippen LogP contribution < -0.4 is 14.4 Å². The summed E-state index contributed by atoms with van der Waals surface area (Å²) in [7, 11) is -2.33. The predicted octanol–water partition coefficient (Wildman–Crippen LogP) is 4.79. The van der Waals surface area contributed by atoms with Crippen LogP contribution in [0.5, 0.6) is 5.75 Å². The first-order chi connectivity index (χ1) is 15.1. The highest BCUT2D eigenvalue weighted by Gasteiger charge is 2.31. The first-order valence-electron chi connectivity index (χ1n) is 10.3. The maximum atomic E-state index is 12.8. The van der Waals surface area contributed by atoms with Crippen molar-refractivity contribution < 1.29 is 31.1 Å². The molecule has 0 spiro atoms. The summed E-state index contributed by atoms with van der Waals surface area (Å²) in [6.45, 7) is 7.14. The Morgan fingerprint density at radius 3 is 2.12 bits per heavy atom. The Labute approximate surface area is 192 Å². The van der Waals surface area contributed by atoms with E-state index in [4.69, 9.17) is 4.74 Å². The normalized spacial score (nSPS) is 13.0. The third kappa shape index (κ3) is 6.63. The average Bonchev–Trinajstić information content (AvgIpc) is 2.70. The van der Waals surface area contributed by atoms with Crippen LogP contribution in [0.3, 0.4) is 0 Å². The molecule has 0 aliphatic carbocycles. The van der Waals surface area contributed by atoms with E-state index in [1.807, 2.05) is 32.9 Å². The van der Waals surface area contributed by atoms with Gasteiger partial charge in [0.05, 0.1) is 30.7 Å². The molecule has 0 unspecified atom stereocenters. The molecule has 1 atom stereocenters. The number of methoxy groups -OCH3 is 1. The minimum atomic E-state index is -4.55. The molecule has 2 aromatic rings. The molecule has 0 aromatic heterocycles. The van der Waals surface area contributed by atoms with Gasteiger partial charge in [0.2, 0.25) is 15.9 Å². The Morgan fingerprint density at radius 1 is 1.09 bits per heavy atom. The monoisotopic (exact) mass is 486 g/mol. The Hall–Kier alpha value is -2.75. The third-order valence-corrected chi connectivity index (χ3v) is 6.40. The molecule has 6 nitrogen and oxygen atoms in total. The fourth-order valence-corrected chi connectivity index (χ4v) is 4.38. The number of hydrogen-bond acceptors (Lipinski definition) is 4. The highest BCUT2D eigenvalue weighted by molar-refractivity contribution is 7.92. The average molecular weight is 487 g/mol. The molecule has 0 aliphatic rings. The lowest BCUT2D eigenvalue weighted by Crippen LogP contribution is -2.41. The number of aryl methyl sites for hydroxylation is 1. The molecular formula is C23H29F3N2O4S. The molecule has 33 heavy (non-hydrogen) atoms. The number of alkyl halides is 3. The van der Waals surface area contributed by atoms with Crippen LogP contribution in [0.2, 0.25) is 0 Å². The van der Waals surface area contributed by atoms with Gasteiger partial charge in [0, 0.05) is 0 Å². The number of nitrogens with one attached hydrogen (secondary N) is 1.